The first kappa shape index (κ1) is 15.6. The zero-order valence-electron chi connectivity index (χ0n) is 11.2. The Hall–Kier alpha value is -0.430. The monoisotopic (exact) mass is 290 g/mol. The summed E-state index contributed by atoms with van der Waals surface area (Å²) in [6, 6.07) is 3.84. The molecule has 1 atom stereocenters. The standard InChI is InChI=1S/C12H22N2O2S2/c1-4-13-8-5-9-18(15,16)14-11(3)12-7-6-10(2)17-12/h6-7,11,13-14H,4-5,8-9H2,1-3H3. The van der Waals surface area contributed by atoms with E-state index in [1.54, 1.807) is 11.3 Å². The predicted molar refractivity (Wildman–Crippen MR) is 77.6 cm³/mol. The Morgan fingerprint density at radius 1 is 1.39 bits per heavy atom. The first-order valence-electron chi connectivity index (χ1n) is 6.21. The largest absolute Gasteiger partial charge is 0.317 e. The van der Waals surface area contributed by atoms with Gasteiger partial charge in [-0.3, -0.25) is 0 Å². The van der Waals surface area contributed by atoms with E-state index in [-0.39, 0.29) is 11.8 Å². The number of thiophene rings is 1. The summed E-state index contributed by atoms with van der Waals surface area (Å²) in [6.07, 6.45) is 0.638. The van der Waals surface area contributed by atoms with E-state index in [9.17, 15) is 8.42 Å². The van der Waals surface area contributed by atoms with Gasteiger partial charge >= 0.3 is 0 Å². The van der Waals surface area contributed by atoms with Crippen LogP contribution in [0.1, 0.15) is 36.1 Å². The molecule has 0 spiro atoms. The SMILES string of the molecule is CCNCCCS(=O)(=O)NC(C)c1ccc(C)s1. The smallest absolute Gasteiger partial charge is 0.212 e. The van der Waals surface area contributed by atoms with E-state index in [0.29, 0.717) is 6.42 Å². The fourth-order valence-electron chi connectivity index (χ4n) is 1.64. The quantitative estimate of drug-likeness (QED) is 0.720. The molecule has 2 N–H and O–H groups in total. The molecule has 1 rings (SSSR count). The zero-order valence-corrected chi connectivity index (χ0v) is 12.8. The van der Waals surface area contributed by atoms with Crippen molar-refractivity contribution in [1.29, 1.82) is 0 Å². The molecule has 18 heavy (non-hydrogen) atoms. The lowest BCUT2D eigenvalue weighted by molar-refractivity contribution is 0.563. The van der Waals surface area contributed by atoms with Crippen molar-refractivity contribution < 1.29 is 8.42 Å². The van der Waals surface area contributed by atoms with E-state index < -0.39 is 10.0 Å². The second kappa shape index (κ2) is 7.23. The molecule has 6 heteroatoms. The molecule has 0 bridgehead atoms. The summed E-state index contributed by atoms with van der Waals surface area (Å²) in [5, 5.41) is 3.12. The van der Waals surface area contributed by atoms with Crippen LogP contribution in [0.3, 0.4) is 0 Å². The average Bonchev–Trinajstić information content (AvgIpc) is 2.71. The molecule has 1 unspecified atom stereocenters. The predicted octanol–water partition coefficient (Wildman–Crippen LogP) is 2.04. The summed E-state index contributed by atoms with van der Waals surface area (Å²) in [7, 11) is -3.18. The van der Waals surface area contributed by atoms with Gasteiger partial charge in [-0.15, -0.1) is 11.3 Å². The Balaban J connectivity index is 2.44. The van der Waals surface area contributed by atoms with Crippen molar-refractivity contribution in [1.82, 2.24) is 10.0 Å². The molecular weight excluding hydrogens is 268 g/mol. The summed E-state index contributed by atoms with van der Waals surface area (Å²) in [5.41, 5.74) is 0. The molecular formula is C12H22N2O2S2. The number of hydrogen-bond donors (Lipinski definition) is 2. The zero-order chi connectivity index (χ0) is 13.6. The number of sulfonamides is 1. The molecule has 0 amide bonds. The van der Waals surface area contributed by atoms with E-state index in [1.807, 2.05) is 32.9 Å². The van der Waals surface area contributed by atoms with Gasteiger partial charge < -0.3 is 5.32 Å². The fourth-order valence-corrected chi connectivity index (χ4v) is 3.90. The van der Waals surface area contributed by atoms with Gasteiger partial charge in [-0.2, -0.15) is 0 Å². The van der Waals surface area contributed by atoms with Crippen LogP contribution < -0.4 is 10.0 Å². The molecule has 1 aromatic rings. The summed E-state index contributed by atoms with van der Waals surface area (Å²) >= 11 is 1.63. The van der Waals surface area contributed by atoms with Crippen LogP contribution in [-0.4, -0.2) is 27.3 Å². The Labute approximate surface area is 114 Å². The van der Waals surface area contributed by atoms with Crippen LogP contribution in [0.25, 0.3) is 0 Å². The van der Waals surface area contributed by atoms with Gasteiger partial charge in [0.05, 0.1) is 11.8 Å². The number of rotatable bonds is 8. The van der Waals surface area contributed by atoms with Crippen LogP contribution in [0.5, 0.6) is 0 Å². The van der Waals surface area contributed by atoms with Crippen LogP contribution in [0.15, 0.2) is 12.1 Å². The van der Waals surface area contributed by atoms with Crippen molar-refractivity contribution in [3.63, 3.8) is 0 Å². The van der Waals surface area contributed by atoms with Gasteiger partial charge in [0.15, 0.2) is 0 Å². The topological polar surface area (TPSA) is 58.2 Å². The third-order valence-electron chi connectivity index (χ3n) is 2.56. The highest BCUT2D eigenvalue weighted by Gasteiger charge is 2.16. The van der Waals surface area contributed by atoms with Gasteiger partial charge in [0.2, 0.25) is 10.0 Å². The van der Waals surface area contributed by atoms with Gasteiger partial charge in [-0.05, 0) is 45.5 Å². The number of aryl methyl sites for hydroxylation is 1. The minimum Gasteiger partial charge on any atom is -0.317 e. The van der Waals surface area contributed by atoms with Crippen LogP contribution in [-0.2, 0) is 10.0 Å². The molecule has 1 heterocycles. The van der Waals surface area contributed by atoms with E-state index in [4.69, 9.17) is 0 Å². The van der Waals surface area contributed by atoms with Crippen LogP contribution >= 0.6 is 11.3 Å². The molecule has 4 nitrogen and oxygen atoms in total. The Kier molecular flexibility index (Phi) is 6.28. The maximum Gasteiger partial charge on any atom is 0.212 e. The lowest BCUT2D eigenvalue weighted by Gasteiger charge is -2.12. The lowest BCUT2D eigenvalue weighted by Crippen LogP contribution is -2.30. The highest BCUT2D eigenvalue weighted by Crippen LogP contribution is 2.22. The molecule has 0 fully saturated rings. The summed E-state index contributed by atoms with van der Waals surface area (Å²) in [6.45, 7) is 7.52. The minimum atomic E-state index is -3.18. The Morgan fingerprint density at radius 2 is 2.11 bits per heavy atom. The maximum atomic E-state index is 11.8. The summed E-state index contributed by atoms with van der Waals surface area (Å²) in [4.78, 5) is 2.26. The van der Waals surface area contributed by atoms with Crippen molar-refractivity contribution in [3.8, 4) is 0 Å². The molecule has 0 saturated heterocycles. The summed E-state index contributed by atoms with van der Waals surface area (Å²) in [5.74, 6) is 0.175. The maximum absolute atomic E-state index is 11.8. The van der Waals surface area contributed by atoms with Crippen LogP contribution in [0.2, 0.25) is 0 Å². The third kappa shape index (κ3) is 5.48. The average molecular weight is 290 g/mol. The molecule has 0 aromatic carbocycles. The lowest BCUT2D eigenvalue weighted by atomic mass is 10.3. The second-order valence-corrected chi connectivity index (χ2v) is 7.51. The minimum absolute atomic E-state index is 0.146. The van der Waals surface area contributed by atoms with Gasteiger partial charge in [0.25, 0.3) is 0 Å². The fraction of sp³-hybridized carbons (Fsp3) is 0.667. The van der Waals surface area contributed by atoms with Crippen molar-refractivity contribution in [2.45, 2.75) is 33.2 Å². The highest BCUT2D eigenvalue weighted by molar-refractivity contribution is 7.89. The van der Waals surface area contributed by atoms with Gasteiger partial charge in [0, 0.05) is 9.75 Å². The number of nitrogens with one attached hydrogen (secondary N) is 2. The van der Waals surface area contributed by atoms with Crippen molar-refractivity contribution in [2.75, 3.05) is 18.8 Å². The Bertz CT molecular complexity index is 454. The molecule has 1 aromatic heterocycles. The van der Waals surface area contributed by atoms with Crippen LogP contribution in [0.4, 0.5) is 0 Å². The van der Waals surface area contributed by atoms with Crippen molar-refractivity contribution >= 4 is 21.4 Å². The number of hydrogen-bond acceptors (Lipinski definition) is 4. The second-order valence-electron chi connectivity index (χ2n) is 4.31. The molecule has 0 aliphatic heterocycles. The van der Waals surface area contributed by atoms with Gasteiger partial charge in [0.1, 0.15) is 0 Å². The molecule has 0 saturated carbocycles. The highest BCUT2D eigenvalue weighted by atomic mass is 32.2. The van der Waals surface area contributed by atoms with E-state index in [2.05, 4.69) is 10.0 Å². The summed E-state index contributed by atoms with van der Waals surface area (Å²) < 4.78 is 26.4. The first-order valence-corrected chi connectivity index (χ1v) is 8.68. The van der Waals surface area contributed by atoms with E-state index >= 15 is 0 Å². The van der Waals surface area contributed by atoms with Crippen LogP contribution in [0, 0.1) is 6.92 Å². The van der Waals surface area contributed by atoms with E-state index in [0.717, 1.165) is 18.0 Å². The molecule has 0 aliphatic rings. The van der Waals surface area contributed by atoms with Gasteiger partial charge in [-0.1, -0.05) is 6.92 Å². The molecule has 0 radical (unpaired) electrons. The molecule has 104 valence electrons. The first-order chi connectivity index (χ1) is 8.44. The van der Waals surface area contributed by atoms with Crippen molar-refractivity contribution in [2.24, 2.45) is 0 Å². The normalized spacial score (nSPS) is 13.7. The molecule has 0 aliphatic carbocycles. The third-order valence-corrected chi connectivity index (χ3v) is 5.28. The Morgan fingerprint density at radius 3 is 2.67 bits per heavy atom. The van der Waals surface area contributed by atoms with Crippen molar-refractivity contribution in [3.05, 3.63) is 21.9 Å². The van der Waals surface area contributed by atoms with E-state index in [1.165, 1.54) is 4.88 Å². The van der Waals surface area contributed by atoms with Gasteiger partial charge in [-0.25, -0.2) is 13.1 Å².